The van der Waals surface area contributed by atoms with Crippen LogP contribution in [0.2, 0.25) is 0 Å². The fourth-order valence-corrected chi connectivity index (χ4v) is 4.14. The number of aromatic nitrogens is 3. The van der Waals surface area contributed by atoms with Gasteiger partial charge in [-0.2, -0.15) is 5.10 Å². The van der Waals surface area contributed by atoms with Crippen LogP contribution >= 0.6 is 0 Å². The average molecular weight is 379 g/mol. The number of hydrogen-bond acceptors (Lipinski definition) is 4. The van der Waals surface area contributed by atoms with Gasteiger partial charge in [-0.1, -0.05) is 26.0 Å². The molecule has 0 atom stereocenters. The van der Waals surface area contributed by atoms with Crippen molar-refractivity contribution in [2.75, 3.05) is 26.7 Å². The van der Waals surface area contributed by atoms with Crippen LogP contribution in [0.1, 0.15) is 38.3 Å². The zero-order valence-corrected chi connectivity index (χ0v) is 16.7. The van der Waals surface area contributed by atoms with Crippen LogP contribution < -0.4 is 10.3 Å². The van der Waals surface area contributed by atoms with Gasteiger partial charge in [0.05, 0.1) is 19.0 Å². The van der Waals surface area contributed by atoms with Gasteiger partial charge >= 0.3 is 0 Å². The third-order valence-corrected chi connectivity index (χ3v) is 5.46. The Bertz CT molecular complexity index is 1010. The van der Waals surface area contributed by atoms with Crippen LogP contribution in [0.25, 0.3) is 16.8 Å². The van der Waals surface area contributed by atoms with Crippen LogP contribution in [-0.4, -0.2) is 46.2 Å². The third kappa shape index (κ3) is 3.69. The van der Waals surface area contributed by atoms with Gasteiger partial charge in [-0.15, -0.1) is 0 Å². The molecule has 1 saturated heterocycles. The van der Waals surface area contributed by atoms with E-state index in [9.17, 15) is 4.79 Å². The van der Waals surface area contributed by atoms with Crippen molar-refractivity contribution in [1.29, 1.82) is 0 Å². The van der Waals surface area contributed by atoms with Gasteiger partial charge in [0.15, 0.2) is 0 Å². The maximum atomic E-state index is 12.4. The fraction of sp³-hybridized carbons (Fsp3) is 0.409. The Morgan fingerprint density at radius 3 is 2.75 bits per heavy atom. The minimum absolute atomic E-state index is 0.0766. The number of nitrogens with zero attached hydrogens (tertiary/aromatic N) is 3. The third-order valence-electron chi connectivity index (χ3n) is 5.46. The van der Waals surface area contributed by atoms with E-state index in [1.54, 1.807) is 13.2 Å². The van der Waals surface area contributed by atoms with Crippen molar-refractivity contribution in [3.63, 3.8) is 0 Å². The lowest BCUT2D eigenvalue weighted by Crippen LogP contribution is -2.35. The van der Waals surface area contributed by atoms with Crippen molar-refractivity contribution >= 4 is 5.65 Å². The normalized spacial score (nSPS) is 16.1. The van der Waals surface area contributed by atoms with Crippen molar-refractivity contribution in [2.24, 2.45) is 0 Å². The maximum Gasteiger partial charge on any atom is 0.251 e. The van der Waals surface area contributed by atoms with Crippen molar-refractivity contribution in [3.8, 4) is 16.9 Å². The van der Waals surface area contributed by atoms with E-state index in [0.717, 1.165) is 60.7 Å². The van der Waals surface area contributed by atoms with E-state index in [2.05, 4.69) is 28.8 Å². The molecular weight excluding hydrogens is 352 g/mol. The number of fused-ring (bicyclic) bond motifs is 1. The number of rotatable bonds is 5. The summed E-state index contributed by atoms with van der Waals surface area (Å²) in [4.78, 5) is 17.9. The molecular formula is C22H27N4O2. The molecule has 147 valence electrons. The Kier molecular flexibility index (Phi) is 5.22. The Morgan fingerprint density at radius 2 is 2.04 bits per heavy atom. The van der Waals surface area contributed by atoms with Gasteiger partial charge in [-0.25, -0.2) is 4.52 Å². The SMILES string of the molecule is COc1cccc(-c2cnn3c(C4CCN(C[C](C)C)CC4)cc(=O)[nH]c23)c1. The molecule has 1 N–H and O–H groups in total. The predicted octanol–water partition coefficient (Wildman–Crippen LogP) is 3.49. The van der Waals surface area contributed by atoms with E-state index < -0.39 is 0 Å². The molecule has 0 aliphatic carbocycles. The first-order chi connectivity index (χ1) is 13.5. The molecule has 1 fully saturated rings. The Balaban J connectivity index is 1.68. The van der Waals surface area contributed by atoms with Gasteiger partial charge in [0.25, 0.3) is 5.56 Å². The second-order valence-electron chi connectivity index (χ2n) is 7.87. The molecule has 4 rings (SSSR count). The summed E-state index contributed by atoms with van der Waals surface area (Å²) in [6.45, 7) is 7.51. The number of nitrogens with one attached hydrogen (secondary N) is 1. The highest BCUT2D eigenvalue weighted by Gasteiger charge is 2.24. The molecule has 1 aromatic carbocycles. The van der Waals surface area contributed by atoms with Crippen LogP contribution in [0.15, 0.2) is 41.3 Å². The monoisotopic (exact) mass is 379 g/mol. The van der Waals surface area contributed by atoms with Crippen LogP contribution in [0.3, 0.4) is 0 Å². The summed E-state index contributed by atoms with van der Waals surface area (Å²) in [6, 6.07) is 9.54. The molecule has 0 bridgehead atoms. The Labute approximate surface area is 165 Å². The van der Waals surface area contributed by atoms with Gasteiger partial charge in [0.1, 0.15) is 11.4 Å². The first kappa shape index (κ1) is 18.7. The standard InChI is InChI=1S/C22H27N4O2/c1-15(2)14-25-9-7-16(8-10-25)20-12-21(27)24-22-19(13-23-26(20)22)17-5-4-6-18(11-17)28-3/h4-6,11-13,16H,7-10,14H2,1-3H3,(H,24,27). The minimum Gasteiger partial charge on any atom is -0.497 e. The predicted molar refractivity (Wildman–Crippen MR) is 111 cm³/mol. The molecule has 0 saturated carbocycles. The zero-order chi connectivity index (χ0) is 19.7. The summed E-state index contributed by atoms with van der Waals surface area (Å²) in [5.74, 6) is 2.56. The van der Waals surface area contributed by atoms with E-state index in [1.165, 1.54) is 5.92 Å². The van der Waals surface area contributed by atoms with Crippen LogP contribution in [-0.2, 0) is 0 Å². The molecule has 6 heteroatoms. The lowest BCUT2D eigenvalue weighted by Gasteiger charge is -2.32. The number of ether oxygens (including phenoxy) is 1. The molecule has 1 aliphatic heterocycles. The second-order valence-corrected chi connectivity index (χ2v) is 7.87. The summed E-state index contributed by atoms with van der Waals surface area (Å²) in [5.41, 5.74) is 3.56. The van der Waals surface area contributed by atoms with Crippen LogP contribution in [0.5, 0.6) is 5.75 Å². The van der Waals surface area contributed by atoms with Crippen molar-refractivity contribution in [1.82, 2.24) is 19.5 Å². The van der Waals surface area contributed by atoms with E-state index in [0.29, 0.717) is 5.92 Å². The maximum absolute atomic E-state index is 12.4. The zero-order valence-electron chi connectivity index (χ0n) is 16.7. The topological polar surface area (TPSA) is 62.6 Å². The van der Waals surface area contributed by atoms with Gasteiger partial charge in [-0.3, -0.25) is 4.79 Å². The minimum atomic E-state index is -0.0766. The average Bonchev–Trinajstić information content (AvgIpc) is 3.11. The van der Waals surface area contributed by atoms with Gasteiger partial charge < -0.3 is 14.6 Å². The first-order valence-corrected chi connectivity index (χ1v) is 9.82. The summed E-state index contributed by atoms with van der Waals surface area (Å²) in [7, 11) is 1.65. The first-order valence-electron chi connectivity index (χ1n) is 9.82. The molecule has 1 radical (unpaired) electrons. The number of benzene rings is 1. The number of piperidine rings is 1. The highest BCUT2D eigenvalue weighted by atomic mass is 16.5. The highest BCUT2D eigenvalue weighted by molar-refractivity contribution is 5.77. The Hall–Kier alpha value is -2.60. The number of H-pyrrole nitrogens is 1. The second kappa shape index (κ2) is 7.80. The summed E-state index contributed by atoms with van der Waals surface area (Å²) in [5, 5.41) is 4.62. The quantitative estimate of drug-likeness (QED) is 0.737. The molecule has 3 aromatic rings. The van der Waals surface area contributed by atoms with Gasteiger partial charge in [0, 0.05) is 24.1 Å². The van der Waals surface area contributed by atoms with Crippen molar-refractivity contribution in [3.05, 3.63) is 58.5 Å². The molecule has 6 nitrogen and oxygen atoms in total. The van der Waals surface area contributed by atoms with Gasteiger partial charge in [-0.05, 0) is 49.5 Å². The Morgan fingerprint density at radius 1 is 1.25 bits per heavy atom. The molecule has 3 heterocycles. The van der Waals surface area contributed by atoms with E-state index in [4.69, 9.17) is 4.74 Å². The molecule has 28 heavy (non-hydrogen) atoms. The highest BCUT2D eigenvalue weighted by Crippen LogP contribution is 2.31. The number of aromatic amines is 1. The van der Waals surface area contributed by atoms with Crippen LogP contribution in [0, 0.1) is 5.92 Å². The largest absolute Gasteiger partial charge is 0.497 e. The smallest absolute Gasteiger partial charge is 0.251 e. The lowest BCUT2D eigenvalue weighted by atomic mass is 9.92. The molecule has 0 unspecified atom stereocenters. The molecule has 2 aromatic heterocycles. The number of hydrogen-bond donors (Lipinski definition) is 1. The van der Waals surface area contributed by atoms with Crippen molar-refractivity contribution < 1.29 is 4.74 Å². The van der Waals surface area contributed by atoms with Gasteiger partial charge in [0.2, 0.25) is 0 Å². The summed E-state index contributed by atoms with van der Waals surface area (Å²) in [6.07, 6.45) is 3.91. The molecule has 0 amide bonds. The molecule has 0 spiro atoms. The summed E-state index contributed by atoms with van der Waals surface area (Å²) < 4.78 is 7.25. The van der Waals surface area contributed by atoms with Crippen molar-refractivity contribution in [2.45, 2.75) is 32.6 Å². The van der Waals surface area contributed by atoms with Crippen LogP contribution in [0.4, 0.5) is 0 Å². The lowest BCUT2D eigenvalue weighted by molar-refractivity contribution is 0.217. The number of methoxy groups -OCH3 is 1. The van der Waals surface area contributed by atoms with E-state index >= 15 is 0 Å². The number of likely N-dealkylation sites (tertiary alicyclic amines) is 1. The fourth-order valence-electron chi connectivity index (χ4n) is 4.14. The van der Waals surface area contributed by atoms with E-state index in [1.807, 2.05) is 35.0 Å². The van der Waals surface area contributed by atoms with E-state index in [-0.39, 0.29) is 5.56 Å². The molecule has 1 aliphatic rings. The summed E-state index contributed by atoms with van der Waals surface area (Å²) >= 11 is 0.